The third-order valence-electron chi connectivity index (χ3n) is 4.04. The van der Waals surface area contributed by atoms with Gasteiger partial charge < -0.3 is 19.4 Å². The van der Waals surface area contributed by atoms with Crippen LogP contribution in [0, 0.1) is 0 Å². The average molecular weight is 348 g/mol. The maximum atomic E-state index is 12.4. The van der Waals surface area contributed by atoms with E-state index in [1.807, 2.05) is 0 Å². The molecule has 3 rings (SSSR count). The zero-order valence-electron chi connectivity index (χ0n) is 13.9. The topological polar surface area (TPSA) is 115 Å². The molecule has 0 spiro atoms. The summed E-state index contributed by atoms with van der Waals surface area (Å²) in [6.45, 7) is 1.96. The molecule has 0 aliphatic carbocycles. The van der Waals surface area contributed by atoms with Crippen molar-refractivity contribution in [3.05, 3.63) is 30.2 Å². The third-order valence-corrected chi connectivity index (χ3v) is 4.04. The molecule has 1 aliphatic rings. The van der Waals surface area contributed by atoms with Crippen LogP contribution in [0.5, 0.6) is 0 Å². The van der Waals surface area contributed by atoms with Gasteiger partial charge in [0, 0.05) is 20.2 Å². The molecule has 3 heterocycles. The minimum absolute atomic E-state index is 0.0243. The Morgan fingerprint density at radius 2 is 2.36 bits per heavy atom. The summed E-state index contributed by atoms with van der Waals surface area (Å²) in [5, 5.41) is 10.6. The Hall–Kier alpha value is -2.75. The minimum Gasteiger partial charge on any atom is -0.438 e. The van der Waals surface area contributed by atoms with Crippen molar-refractivity contribution >= 4 is 11.8 Å². The molecule has 0 unspecified atom stereocenters. The average Bonchev–Trinajstić information content (AvgIpc) is 3.36. The molecule has 0 saturated carbocycles. The normalized spacial score (nSPS) is 17.0. The van der Waals surface area contributed by atoms with Gasteiger partial charge in [0.15, 0.2) is 12.1 Å². The number of aromatic nitrogens is 4. The van der Waals surface area contributed by atoms with Gasteiger partial charge >= 0.3 is 0 Å². The first-order chi connectivity index (χ1) is 12.2. The Morgan fingerprint density at radius 1 is 1.48 bits per heavy atom. The van der Waals surface area contributed by atoms with E-state index in [1.54, 1.807) is 22.9 Å². The van der Waals surface area contributed by atoms with Crippen molar-refractivity contribution < 1.29 is 18.7 Å². The second-order valence-corrected chi connectivity index (χ2v) is 5.73. The second kappa shape index (κ2) is 7.88. The van der Waals surface area contributed by atoms with Crippen LogP contribution in [0.4, 0.5) is 0 Å². The molecule has 1 fully saturated rings. The van der Waals surface area contributed by atoms with Gasteiger partial charge in [0.05, 0.1) is 31.6 Å². The SMILES string of the molecule is COCCNC(=O)c1cn(C[C@@H]2CCCN2C(=O)c2cnco2)nn1. The number of carbonyl (C=O) groups is 2. The van der Waals surface area contributed by atoms with Gasteiger partial charge in [-0.2, -0.15) is 0 Å². The van der Waals surface area contributed by atoms with Crippen LogP contribution in [-0.4, -0.2) is 69.5 Å². The van der Waals surface area contributed by atoms with Crippen LogP contribution >= 0.6 is 0 Å². The lowest BCUT2D eigenvalue weighted by Gasteiger charge is -2.23. The first-order valence-corrected chi connectivity index (χ1v) is 8.05. The third kappa shape index (κ3) is 4.02. The summed E-state index contributed by atoms with van der Waals surface area (Å²) in [6.07, 6.45) is 6.00. The van der Waals surface area contributed by atoms with E-state index in [0.29, 0.717) is 26.2 Å². The van der Waals surface area contributed by atoms with Crippen LogP contribution in [0.25, 0.3) is 0 Å². The molecular weight excluding hydrogens is 328 g/mol. The molecule has 1 atom stereocenters. The Kier molecular flexibility index (Phi) is 5.39. The molecule has 2 aromatic rings. The van der Waals surface area contributed by atoms with Gasteiger partial charge in [-0.3, -0.25) is 9.59 Å². The number of amides is 2. The zero-order chi connectivity index (χ0) is 17.6. The molecule has 0 aromatic carbocycles. The molecule has 2 aromatic heterocycles. The zero-order valence-corrected chi connectivity index (χ0v) is 13.9. The van der Waals surface area contributed by atoms with Crippen LogP contribution in [0.2, 0.25) is 0 Å². The lowest BCUT2D eigenvalue weighted by Crippen LogP contribution is -2.38. The second-order valence-electron chi connectivity index (χ2n) is 5.73. The van der Waals surface area contributed by atoms with E-state index in [9.17, 15) is 9.59 Å². The minimum atomic E-state index is -0.302. The van der Waals surface area contributed by atoms with Gasteiger partial charge in [-0.25, -0.2) is 9.67 Å². The van der Waals surface area contributed by atoms with Crippen molar-refractivity contribution in [2.45, 2.75) is 25.4 Å². The van der Waals surface area contributed by atoms with Gasteiger partial charge in [0.25, 0.3) is 11.8 Å². The highest BCUT2D eigenvalue weighted by atomic mass is 16.5. The molecule has 25 heavy (non-hydrogen) atoms. The highest BCUT2D eigenvalue weighted by Crippen LogP contribution is 2.21. The summed E-state index contributed by atoms with van der Waals surface area (Å²) in [6, 6.07) is -0.0243. The highest BCUT2D eigenvalue weighted by Gasteiger charge is 2.31. The molecular formula is C15H20N6O4. The van der Waals surface area contributed by atoms with E-state index < -0.39 is 0 Å². The van der Waals surface area contributed by atoms with E-state index >= 15 is 0 Å². The van der Waals surface area contributed by atoms with E-state index in [1.165, 1.54) is 12.6 Å². The van der Waals surface area contributed by atoms with Crippen LogP contribution in [0.3, 0.4) is 0 Å². The van der Waals surface area contributed by atoms with Gasteiger partial charge in [-0.15, -0.1) is 5.10 Å². The quantitative estimate of drug-likeness (QED) is 0.697. The first-order valence-electron chi connectivity index (χ1n) is 8.05. The summed E-state index contributed by atoms with van der Waals surface area (Å²) in [4.78, 5) is 29.9. The molecule has 134 valence electrons. The number of hydrogen-bond acceptors (Lipinski definition) is 7. The van der Waals surface area contributed by atoms with Crippen LogP contribution in [0.15, 0.2) is 23.2 Å². The fourth-order valence-electron chi connectivity index (χ4n) is 2.82. The summed E-state index contributed by atoms with van der Waals surface area (Å²) in [5.74, 6) is -0.259. The fourth-order valence-corrected chi connectivity index (χ4v) is 2.82. The van der Waals surface area contributed by atoms with Crippen molar-refractivity contribution in [1.82, 2.24) is 30.2 Å². The molecule has 10 heteroatoms. The molecule has 1 N–H and O–H groups in total. The van der Waals surface area contributed by atoms with Gasteiger partial charge in [0.1, 0.15) is 0 Å². The largest absolute Gasteiger partial charge is 0.438 e. The summed E-state index contributed by atoms with van der Waals surface area (Å²) >= 11 is 0. The maximum absolute atomic E-state index is 12.4. The smallest absolute Gasteiger partial charge is 0.291 e. The number of rotatable bonds is 7. The van der Waals surface area contributed by atoms with E-state index in [-0.39, 0.29) is 29.3 Å². The molecule has 1 aliphatic heterocycles. The van der Waals surface area contributed by atoms with Gasteiger partial charge in [-0.1, -0.05) is 5.21 Å². The summed E-state index contributed by atoms with van der Waals surface area (Å²) in [5.41, 5.74) is 0.238. The molecule has 2 amide bonds. The van der Waals surface area contributed by atoms with Crippen molar-refractivity contribution in [2.75, 3.05) is 26.8 Å². The van der Waals surface area contributed by atoms with Gasteiger partial charge in [-0.05, 0) is 12.8 Å². The predicted octanol–water partition coefficient (Wildman–Crippen LogP) is -0.0529. The number of methoxy groups -OCH3 is 1. The monoisotopic (exact) mass is 348 g/mol. The van der Waals surface area contributed by atoms with Crippen molar-refractivity contribution in [1.29, 1.82) is 0 Å². The Morgan fingerprint density at radius 3 is 3.12 bits per heavy atom. The number of oxazole rings is 1. The van der Waals surface area contributed by atoms with E-state index in [2.05, 4.69) is 20.6 Å². The van der Waals surface area contributed by atoms with Crippen molar-refractivity contribution in [2.24, 2.45) is 0 Å². The standard InChI is InChI=1S/C15H20N6O4/c1-24-6-4-17-14(22)12-9-20(19-18-12)8-11-3-2-5-21(11)15(23)13-7-16-10-25-13/h7,9-11H,2-6,8H2,1H3,(H,17,22)/t11-/m0/s1. The molecule has 1 saturated heterocycles. The van der Waals surface area contributed by atoms with Crippen molar-refractivity contribution in [3.8, 4) is 0 Å². The number of likely N-dealkylation sites (tertiary alicyclic amines) is 1. The first kappa shape index (κ1) is 17.1. The van der Waals surface area contributed by atoms with Crippen molar-refractivity contribution in [3.63, 3.8) is 0 Å². The van der Waals surface area contributed by atoms with Crippen LogP contribution < -0.4 is 5.32 Å². The Balaban J connectivity index is 1.60. The molecule has 0 bridgehead atoms. The summed E-state index contributed by atoms with van der Waals surface area (Å²) < 4.78 is 11.6. The van der Waals surface area contributed by atoms with E-state index in [4.69, 9.17) is 9.15 Å². The van der Waals surface area contributed by atoms with Crippen LogP contribution in [0.1, 0.15) is 33.9 Å². The lowest BCUT2D eigenvalue weighted by molar-refractivity contribution is 0.0688. The summed E-state index contributed by atoms with van der Waals surface area (Å²) in [7, 11) is 1.57. The number of nitrogens with one attached hydrogen (secondary N) is 1. The highest BCUT2D eigenvalue weighted by molar-refractivity contribution is 5.92. The van der Waals surface area contributed by atoms with E-state index in [0.717, 1.165) is 12.8 Å². The number of carbonyl (C=O) groups excluding carboxylic acids is 2. The van der Waals surface area contributed by atoms with Gasteiger partial charge in [0.2, 0.25) is 5.76 Å². The number of ether oxygens (including phenoxy) is 1. The Bertz CT molecular complexity index is 713. The fraction of sp³-hybridized carbons (Fsp3) is 0.533. The molecule has 10 nitrogen and oxygen atoms in total. The molecule has 0 radical (unpaired) electrons. The van der Waals surface area contributed by atoms with Crippen LogP contribution in [-0.2, 0) is 11.3 Å². The predicted molar refractivity (Wildman–Crippen MR) is 84.8 cm³/mol. The lowest BCUT2D eigenvalue weighted by atomic mass is 10.2. The maximum Gasteiger partial charge on any atom is 0.291 e. The Labute approximate surface area is 144 Å². The number of hydrogen-bond donors (Lipinski definition) is 1. The number of nitrogens with zero attached hydrogens (tertiary/aromatic N) is 5.